The fourth-order valence-electron chi connectivity index (χ4n) is 3.72. The standard InChI is InChI=1S/4C8H18O2.Zr/c4*9-7-5-3-1-2-4-6-8-10;/h4*9-10H,1-8H2;. The van der Waals surface area contributed by atoms with E-state index in [4.69, 9.17) is 40.9 Å². The minimum Gasteiger partial charge on any atom is -0.396 e. The van der Waals surface area contributed by atoms with Gasteiger partial charge in [-0.25, -0.2) is 0 Å². The summed E-state index contributed by atoms with van der Waals surface area (Å²) >= 11 is 0. The zero-order valence-corrected chi connectivity index (χ0v) is 29.2. The van der Waals surface area contributed by atoms with Crippen molar-refractivity contribution in [3.05, 3.63) is 0 Å². The molecule has 0 aromatic heterocycles. The predicted octanol–water partition coefficient (Wildman–Crippen LogP) is 5.24. The molecule has 8 N–H and O–H groups in total. The zero-order valence-electron chi connectivity index (χ0n) is 26.7. The second kappa shape index (κ2) is 59.9. The Bertz CT molecular complexity index is 260. The molecular weight excluding hydrogens is 604 g/mol. The maximum absolute atomic E-state index is 8.43. The van der Waals surface area contributed by atoms with Gasteiger partial charge in [-0.15, -0.1) is 0 Å². The van der Waals surface area contributed by atoms with Crippen LogP contribution in [-0.2, 0) is 26.2 Å². The van der Waals surface area contributed by atoms with E-state index in [0.717, 1.165) is 103 Å². The fourth-order valence-corrected chi connectivity index (χ4v) is 3.72. The van der Waals surface area contributed by atoms with E-state index in [2.05, 4.69) is 0 Å². The molecule has 0 aromatic rings. The van der Waals surface area contributed by atoms with E-state index in [1.54, 1.807) is 0 Å². The SMILES string of the molecule is OCCCCCCCCO.OCCCCCCCCO.OCCCCCCCCO.OCCCCCCCCO.[Zr]. The quantitative estimate of drug-likeness (QED) is 0.0522. The van der Waals surface area contributed by atoms with Crippen molar-refractivity contribution in [2.24, 2.45) is 0 Å². The van der Waals surface area contributed by atoms with Crippen LogP contribution < -0.4 is 0 Å². The molecule has 9 heteroatoms. The first-order chi connectivity index (χ1) is 19.7. The molecular formula is C32H72O8Zr. The van der Waals surface area contributed by atoms with Crippen molar-refractivity contribution in [1.82, 2.24) is 0 Å². The first-order valence-corrected chi connectivity index (χ1v) is 16.5. The van der Waals surface area contributed by atoms with Gasteiger partial charge in [0.15, 0.2) is 0 Å². The molecule has 0 aliphatic rings. The second-order valence-electron chi connectivity index (χ2n) is 10.3. The number of rotatable bonds is 28. The van der Waals surface area contributed by atoms with Gasteiger partial charge < -0.3 is 40.9 Å². The van der Waals surface area contributed by atoms with Crippen LogP contribution in [0.4, 0.5) is 0 Å². The van der Waals surface area contributed by atoms with Crippen LogP contribution in [0.25, 0.3) is 0 Å². The molecule has 0 aliphatic carbocycles. The van der Waals surface area contributed by atoms with Crippen molar-refractivity contribution in [2.75, 3.05) is 52.9 Å². The van der Waals surface area contributed by atoms with Gasteiger partial charge in [0.2, 0.25) is 0 Å². The smallest absolute Gasteiger partial charge is 0.0431 e. The predicted molar refractivity (Wildman–Crippen MR) is 167 cm³/mol. The Balaban J connectivity index is -0.000000139. The van der Waals surface area contributed by atoms with E-state index >= 15 is 0 Å². The van der Waals surface area contributed by atoms with Gasteiger partial charge in [0.25, 0.3) is 0 Å². The molecule has 8 nitrogen and oxygen atoms in total. The van der Waals surface area contributed by atoms with Crippen LogP contribution in [-0.4, -0.2) is 93.7 Å². The second-order valence-corrected chi connectivity index (χ2v) is 10.3. The average Bonchev–Trinajstić information content (AvgIpc) is 2.97. The third-order valence-electron chi connectivity index (χ3n) is 6.26. The summed E-state index contributed by atoms with van der Waals surface area (Å²) in [5.41, 5.74) is 0. The summed E-state index contributed by atoms with van der Waals surface area (Å²) in [6.07, 6.45) is 26.0. The van der Waals surface area contributed by atoms with Crippen molar-refractivity contribution in [3.63, 3.8) is 0 Å². The summed E-state index contributed by atoms with van der Waals surface area (Å²) in [7, 11) is 0. The molecule has 0 amide bonds. The summed E-state index contributed by atoms with van der Waals surface area (Å²) in [4.78, 5) is 0. The molecule has 0 fully saturated rings. The normalized spacial score (nSPS) is 9.95. The van der Waals surface area contributed by atoms with Crippen molar-refractivity contribution in [3.8, 4) is 0 Å². The van der Waals surface area contributed by atoms with E-state index in [1.165, 1.54) is 51.4 Å². The van der Waals surface area contributed by atoms with Crippen LogP contribution in [0.2, 0.25) is 0 Å². The Morgan fingerprint density at radius 2 is 0.220 bits per heavy atom. The molecule has 0 aromatic carbocycles. The number of unbranched alkanes of at least 4 members (excludes halogenated alkanes) is 20. The van der Waals surface area contributed by atoms with E-state index < -0.39 is 0 Å². The van der Waals surface area contributed by atoms with Gasteiger partial charge in [-0.3, -0.25) is 0 Å². The van der Waals surface area contributed by atoms with Crippen LogP contribution in [0.1, 0.15) is 154 Å². The average molecular weight is 676 g/mol. The van der Waals surface area contributed by atoms with Crippen molar-refractivity contribution in [1.29, 1.82) is 0 Å². The Morgan fingerprint density at radius 1 is 0.146 bits per heavy atom. The molecule has 0 radical (unpaired) electrons. The Kier molecular flexibility index (Phi) is 74.7. The van der Waals surface area contributed by atoms with Gasteiger partial charge in [-0.1, -0.05) is 103 Å². The zero-order chi connectivity index (χ0) is 30.6. The molecule has 0 saturated heterocycles. The molecule has 252 valence electrons. The third kappa shape index (κ3) is 73.9. The van der Waals surface area contributed by atoms with Crippen LogP contribution in [0.3, 0.4) is 0 Å². The summed E-state index contributed by atoms with van der Waals surface area (Å²) < 4.78 is 0. The number of aliphatic hydroxyl groups is 8. The van der Waals surface area contributed by atoms with Gasteiger partial charge in [-0.2, -0.15) is 0 Å². The van der Waals surface area contributed by atoms with Crippen molar-refractivity contribution in [2.45, 2.75) is 154 Å². The topological polar surface area (TPSA) is 162 Å². The Morgan fingerprint density at radius 3 is 0.293 bits per heavy atom. The van der Waals surface area contributed by atoms with Crippen LogP contribution >= 0.6 is 0 Å². The van der Waals surface area contributed by atoms with Crippen LogP contribution in [0.15, 0.2) is 0 Å². The first kappa shape index (κ1) is 51.2. The maximum Gasteiger partial charge on any atom is 0.0431 e. The van der Waals surface area contributed by atoms with Crippen molar-refractivity contribution >= 4 is 0 Å². The largest absolute Gasteiger partial charge is 0.396 e. The monoisotopic (exact) mass is 674 g/mol. The van der Waals surface area contributed by atoms with Gasteiger partial charge in [-0.05, 0) is 51.4 Å². The van der Waals surface area contributed by atoms with E-state index in [1.807, 2.05) is 0 Å². The third-order valence-corrected chi connectivity index (χ3v) is 6.26. The molecule has 0 atom stereocenters. The molecule has 0 spiro atoms. The van der Waals surface area contributed by atoms with Crippen LogP contribution in [0.5, 0.6) is 0 Å². The summed E-state index contributed by atoms with van der Waals surface area (Å²) in [6, 6.07) is 0. The summed E-state index contributed by atoms with van der Waals surface area (Å²) in [5.74, 6) is 0. The molecule has 0 aliphatic heterocycles. The Labute approximate surface area is 273 Å². The maximum atomic E-state index is 8.43. The number of hydrogen-bond donors (Lipinski definition) is 8. The number of hydrogen-bond acceptors (Lipinski definition) is 8. The van der Waals surface area contributed by atoms with E-state index in [9.17, 15) is 0 Å². The first-order valence-electron chi connectivity index (χ1n) is 16.5. The van der Waals surface area contributed by atoms with E-state index in [0.29, 0.717) is 52.9 Å². The molecule has 0 unspecified atom stereocenters. The molecule has 41 heavy (non-hydrogen) atoms. The minimum atomic E-state index is 0. The minimum absolute atomic E-state index is 0. The fraction of sp³-hybridized carbons (Fsp3) is 1.00. The molecule has 0 saturated carbocycles. The van der Waals surface area contributed by atoms with E-state index in [-0.39, 0.29) is 26.2 Å². The number of aliphatic hydroxyl groups excluding tert-OH is 8. The van der Waals surface area contributed by atoms with Gasteiger partial charge >= 0.3 is 0 Å². The van der Waals surface area contributed by atoms with Crippen LogP contribution in [0, 0.1) is 0 Å². The molecule has 0 heterocycles. The van der Waals surface area contributed by atoms with Gasteiger partial charge in [0.05, 0.1) is 0 Å². The molecule has 0 bridgehead atoms. The van der Waals surface area contributed by atoms with Gasteiger partial charge in [0, 0.05) is 79.1 Å². The molecule has 0 rings (SSSR count). The Hall–Kier alpha value is 0.563. The van der Waals surface area contributed by atoms with Gasteiger partial charge in [0.1, 0.15) is 0 Å². The summed E-state index contributed by atoms with van der Waals surface area (Å²) in [5, 5.41) is 67.4. The summed E-state index contributed by atoms with van der Waals surface area (Å²) in [6.45, 7) is 2.56. The van der Waals surface area contributed by atoms with Crippen molar-refractivity contribution < 1.29 is 67.1 Å².